The van der Waals surface area contributed by atoms with E-state index in [0.29, 0.717) is 15.6 Å². The molecule has 0 aliphatic carbocycles. The van der Waals surface area contributed by atoms with Crippen molar-refractivity contribution in [2.24, 2.45) is 5.92 Å². The third-order valence-electron chi connectivity index (χ3n) is 2.71. The molecule has 0 saturated carbocycles. The molecule has 110 valence electrons. The summed E-state index contributed by atoms with van der Waals surface area (Å²) in [4.78, 5) is 22.7. The first-order chi connectivity index (χ1) is 9.32. The molecule has 0 fully saturated rings. The van der Waals surface area contributed by atoms with E-state index in [9.17, 15) is 9.59 Å². The maximum absolute atomic E-state index is 11.7. The Morgan fingerprint density at radius 3 is 2.25 bits per heavy atom. The first-order valence-electron chi connectivity index (χ1n) is 6.03. The smallest absolute Gasteiger partial charge is 0.326 e. The first kappa shape index (κ1) is 16.6. The summed E-state index contributed by atoms with van der Waals surface area (Å²) in [7, 11) is 0. The summed E-state index contributed by atoms with van der Waals surface area (Å²) in [6.45, 7) is 3.54. The molecular formula is C13H16Cl2N2O3. The maximum atomic E-state index is 11.7. The zero-order valence-electron chi connectivity index (χ0n) is 11.1. The van der Waals surface area contributed by atoms with E-state index in [-0.39, 0.29) is 12.5 Å². The zero-order valence-corrected chi connectivity index (χ0v) is 12.6. The molecule has 5 nitrogen and oxygen atoms in total. The average molecular weight is 319 g/mol. The quantitative estimate of drug-likeness (QED) is 0.781. The largest absolute Gasteiger partial charge is 0.480 e. The number of nitrogens with one attached hydrogen (secondary N) is 2. The van der Waals surface area contributed by atoms with Gasteiger partial charge in [0.25, 0.3) is 0 Å². The van der Waals surface area contributed by atoms with Gasteiger partial charge in [0.1, 0.15) is 6.04 Å². The van der Waals surface area contributed by atoms with Gasteiger partial charge in [-0.05, 0) is 18.1 Å². The van der Waals surface area contributed by atoms with E-state index in [2.05, 4.69) is 10.6 Å². The molecule has 0 heterocycles. The van der Waals surface area contributed by atoms with Crippen molar-refractivity contribution in [3.63, 3.8) is 0 Å². The van der Waals surface area contributed by atoms with Crippen molar-refractivity contribution in [1.82, 2.24) is 10.6 Å². The normalized spacial score (nSPS) is 12.1. The number of carboxylic acids is 1. The fourth-order valence-corrected chi connectivity index (χ4v) is 2.11. The van der Waals surface area contributed by atoms with Gasteiger partial charge in [0, 0.05) is 22.2 Å². The van der Waals surface area contributed by atoms with E-state index in [0.717, 1.165) is 0 Å². The summed E-state index contributed by atoms with van der Waals surface area (Å²) >= 11 is 11.9. The molecule has 0 aliphatic rings. The standard InChI is InChI=1S/C13H16Cl2N2O3/c1-7(2)11(12(18)19)17-13(20)16-6-8-9(14)4-3-5-10(8)15/h3-5,7,11H,6H2,1-2H3,(H,18,19)(H2,16,17,20). The van der Waals surface area contributed by atoms with Crippen LogP contribution in [-0.2, 0) is 11.3 Å². The molecule has 0 aliphatic heterocycles. The average Bonchev–Trinajstić information content (AvgIpc) is 2.34. The number of carbonyl (C=O) groups is 2. The molecule has 1 aromatic rings. The van der Waals surface area contributed by atoms with E-state index in [1.807, 2.05) is 0 Å². The monoisotopic (exact) mass is 318 g/mol. The van der Waals surface area contributed by atoms with E-state index < -0.39 is 18.0 Å². The zero-order chi connectivity index (χ0) is 15.3. The van der Waals surface area contributed by atoms with Crippen LogP contribution in [0, 0.1) is 5.92 Å². The number of amides is 2. The Morgan fingerprint density at radius 2 is 1.80 bits per heavy atom. The molecule has 2 amide bonds. The summed E-state index contributed by atoms with van der Waals surface area (Å²) in [5, 5.41) is 14.8. The van der Waals surface area contributed by atoms with Crippen molar-refractivity contribution in [2.75, 3.05) is 0 Å². The highest BCUT2D eigenvalue weighted by Gasteiger charge is 2.23. The lowest BCUT2D eigenvalue weighted by Crippen LogP contribution is -2.48. The van der Waals surface area contributed by atoms with Crippen molar-refractivity contribution in [1.29, 1.82) is 0 Å². The Labute approximate surface area is 127 Å². The molecule has 3 N–H and O–H groups in total. The molecule has 1 rings (SSSR count). The molecule has 0 aromatic heterocycles. The van der Waals surface area contributed by atoms with Crippen molar-refractivity contribution in [3.8, 4) is 0 Å². The molecule has 0 saturated heterocycles. The van der Waals surface area contributed by atoms with Crippen LogP contribution < -0.4 is 10.6 Å². The lowest BCUT2D eigenvalue weighted by Gasteiger charge is -2.18. The summed E-state index contributed by atoms with van der Waals surface area (Å²) in [5.74, 6) is -1.30. The van der Waals surface area contributed by atoms with E-state index in [1.165, 1.54) is 0 Å². The van der Waals surface area contributed by atoms with Crippen molar-refractivity contribution >= 4 is 35.2 Å². The van der Waals surface area contributed by atoms with Gasteiger partial charge in [0.05, 0.1) is 0 Å². The number of halogens is 2. The number of carboxylic acid groups (broad SMARTS) is 1. The van der Waals surface area contributed by atoms with Crippen LogP contribution >= 0.6 is 23.2 Å². The van der Waals surface area contributed by atoms with Crippen LogP contribution in [-0.4, -0.2) is 23.1 Å². The van der Waals surface area contributed by atoms with E-state index >= 15 is 0 Å². The number of hydrogen-bond donors (Lipinski definition) is 3. The lowest BCUT2D eigenvalue weighted by atomic mass is 10.1. The predicted molar refractivity (Wildman–Crippen MR) is 78.1 cm³/mol. The van der Waals surface area contributed by atoms with E-state index in [4.69, 9.17) is 28.3 Å². The van der Waals surface area contributed by atoms with Gasteiger partial charge in [-0.2, -0.15) is 0 Å². The molecule has 1 atom stereocenters. The van der Waals surface area contributed by atoms with Crippen LogP contribution in [0.25, 0.3) is 0 Å². The summed E-state index contributed by atoms with van der Waals surface area (Å²) in [6, 6.07) is 3.50. The Bertz CT molecular complexity index is 486. The second-order valence-electron chi connectivity index (χ2n) is 4.59. The van der Waals surface area contributed by atoms with Crippen LogP contribution in [0.15, 0.2) is 18.2 Å². The highest BCUT2D eigenvalue weighted by atomic mass is 35.5. The number of benzene rings is 1. The van der Waals surface area contributed by atoms with E-state index in [1.54, 1.807) is 32.0 Å². The van der Waals surface area contributed by atoms with Crippen molar-refractivity contribution in [2.45, 2.75) is 26.4 Å². The molecule has 0 spiro atoms. The van der Waals surface area contributed by atoms with Crippen LogP contribution in [0.3, 0.4) is 0 Å². The van der Waals surface area contributed by atoms with Gasteiger partial charge in [0.2, 0.25) is 0 Å². The number of hydrogen-bond acceptors (Lipinski definition) is 2. The molecule has 1 aromatic carbocycles. The predicted octanol–water partition coefficient (Wildman–Crippen LogP) is 2.90. The molecule has 1 unspecified atom stereocenters. The van der Waals surface area contributed by atoms with Crippen LogP contribution in [0.5, 0.6) is 0 Å². The fourth-order valence-electron chi connectivity index (χ4n) is 1.58. The highest BCUT2D eigenvalue weighted by Crippen LogP contribution is 2.23. The molecular weight excluding hydrogens is 303 g/mol. The van der Waals surface area contributed by atoms with Gasteiger partial charge < -0.3 is 15.7 Å². The first-order valence-corrected chi connectivity index (χ1v) is 6.78. The number of carbonyl (C=O) groups excluding carboxylic acids is 1. The third kappa shape index (κ3) is 4.58. The van der Waals surface area contributed by atoms with Gasteiger partial charge in [-0.1, -0.05) is 43.1 Å². The molecule has 20 heavy (non-hydrogen) atoms. The van der Waals surface area contributed by atoms with Gasteiger partial charge in [-0.3, -0.25) is 0 Å². The van der Waals surface area contributed by atoms with Gasteiger partial charge >= 0.3 is 12.0 Å². The van der Waals surface area contributed by atoms with Crippen LogP contribution in [0.2, 0.25) is 10.0 Å². The Balaban J connectivity index is 2.62. The fraction of sp³-hybridized carbons (Fsp3) is 0.385. The van der Waals surface area contributed by atoms with Crippen LogP contribution in [0.1, 0.15) is 19.4 Å². The third-order valence-corrected chi connectivity index (χ3v) is 3.41. The maximum Gasteiger partial charge on any atom is 0.326 e. The Kier molecular flexibility index (Phi) is 6.10. The van der Waals surface area contributed by atoms with Gasteiger partial charge in [-0.25, -0.2) is 9.59 Å². The minimum atomic E-state index is -1.08. The van der Waals surface area contributed by atoms with Gasteiger partial charge in [-0.15, -0.1) is 0 Å². The SMILES string of the molecule is CC(C)C(NC(=O)NCc1c(Cl)cccc1Cl)C(=O)O. The Morgan fingerprint density at radius 1 is 1.25 bits per heavy atom. The number of rotatable bonds is 5. The summed E-state index contributed by atoms with van der Waals surface area (Å²) in [6.07, 6.45) is 0. The number of aliphatic carboxylic acids is 1. The second-order valence-corrected chi connectivity index (χ2v) is 5.40. The van der Waals surface area contributed by atoms with Crippen molar-refractivity contribution in [3.05, 3.63) is 33.8 Å². The second kappa shape index (κ2) is 7.36. The molecule has 0 radical (unpaired) electrons. The summed E-state index contributed by atoms with van der Waals surface area (Å²) < 4.78 is 0. The van der Waals surface area contributed by atoms with Crippen LogP contribution in [0.4, 0.5) is 4.79 Å². The lowest BCUT2D eigenvalue weighted by molar-refractivity contribution is -0.140. The van der Waals surface area contributed by atoms with Gasteiger partial charge in [0.15, 0.2) is 0 Å². The van der Waals surface area contributed by atoms with Crippen molar-refractivity contribution < 1.29 is 14.7 Å². The minimum Gasteiger partial charge on any atom is -0.480 e. The molecule has 0 bridgehead atoms. The minimum absolute atomic E-state index is 0.120. The highest BCUT2D eigenvalue weighted by molar-refractivity contribution is 6.36. The topological polar surface area (TPSA) is 78.4 Å². The Hall–Kier alpha value is -1.46. The number of urea groups is 1. The molecule has 7 heteroatoms. The summed E-state index contributed by atoms with van der Waals surface area (Å²) in [5.41, 5.74) is 0.586.